The van der Waals surface area contributed by atoms with Crippen LogP contribution in [0.15, 0.2) is 30.3 Å². The number of benzene rings is 2. The van der Waals surface area contributed by atoms with Crippen molar-refractivity contribution in [2.45, 2.75) is 26.7 Å². The summed E-state index contributed by atoms with van der Waals surface area (Å²) in [5.41, 5.74) is 1.28. The maximum absolute atomic E-state index is 5.55. The molecule has 0 atom stereocenters. The lowest BCUT2D eigenvalue weighted by molar-refractivity contribution is 0.393. The third-order valence-electron chi connectivity index (χ3n) is 3.49. The third-order valence-corrected chi connectivity index (χ3v) is 3.49. The predicted octanol–water partition coefficient (Wildman–Crippen LogP) is 4.45. The van der Waals surface area contributed by atoms with E-state index >= 15 is 0 Å². The summed E-state index contributed by atoms with van der Waals surface area (Å²) in [5, 5.41) is 2.39. The molecule has 0 bridgehead atoms. The van der Waals surface area contributed by atoms with Gasteiger partial charge in [0, 0.05) is 17.0 Å². The van der Waals surface area contributed by atoms with Crippen molar-refractivity contribution in [1.82, 2.24) is 0 Å². The van der Waals surface area contributed by atoms with Gasteiger partial charge in [-0.2, -0.15) is 0 Å². The summed E-state index contributed by atoms with van der Waals surface area (Å²) in [6.07, 6.45) is 2.19. The number of methoxy groups -OCH3 is 2. The molecule has 2 aromatic rings. The van der Waals surface area contributed by atoms with Gasteiger partial charge >= 0.3 is 0 Å². The number of fused-ring (bicyclic) bond motifs is 1. The molecule has 19 heavy (non-hydrogen) atoms. The molecule has 0 N–H and O–H groups in total. The van der Waals surface area contributed by atoms with Crippen LogP contribution in [-0.2, 0) is 6.42 Å². The molecule has 0 aliphatic carbocycles. The van der Waals surface area contributed by atoms with Crippen molar-refractivity contribution in [3.05, 3.63) is 35.9 Å². The minimum Gasteiger partial charge on any atom is -0.496 e. The van der Waals surface area contributed by atoms with Gasteiger partial charge in [0.05, 0.1) is 14.2 Å². The highest BCUT2D eigenvalue weighted by Gasteiger charge is 2.13. The summed E-state index contributed by atoms with van der Waals surface area (Å²) < 4.78 is 11.0. The first-order chi connectivity index (χ1) is 9.17. The number of hydrogen-bond donors (Lipinski definition) is 0. The summed E-state index contributed by atoms with van der Waals surface area (Å²) in [4.78, 5) is 0. The van der Waals surface area contributed by atoms with Gasteiger partial charge in [-0.1, -0.05) is 38.1 Å². The molecule has 0 saturated carbocycles. The van der Waals surface area contributed by atoms with Gasteiger partial charge < -0.3 is 9.47 Å². The molecule has 0 heterocycles. The van der Waals surface area contributed by atoms with E-state index in [1.807, 2.05) is 12.1 Å². The van der Waals surface area contributed by atoms with Gasteiger partial charge in [0.1, 0.15) is 11.5 Å². The molecule has 0 aromatic heterocycles. The zero-order valence-electron chi connectivity index (χ0n) is 12.2. The summed E-state index contributed by atoms with van der Waals surface area (Å²) in [6, 6.07) is 10.4. The van der Waals surface area contributed by atoms with E-state index in [1.165, 1.54) is 10.9 Å². The minimum absolute atomic E-state index is 0.686. The Balaban J connectivity index is 2.58. The van der Waals surface area contributed by atoms with Crippen molar-refractivity contribution in [3.63, 3.8) is 0 Å². The standard InChI is InChI=1S/C17H22O2/c1-12(2)9-10-15-13-7-5-6-8-14(13)16(18-3)11-17(15)19-4/h5-8,11-12H,9-10H2,1-4H3. The summed E-state index contributed by atoms with van der Waals surface area (Å²) >= 11 is 0. The smallest absolute Gasteiger partial charge is 0.130 e. The summed E-state index contributed by atoms with van der Waals surface area (Å²) in [7, 11) is 3.43. The van der Waals surface area contributed by atoms with Crippen LogP contribution >= 0.6 is 0 Å². The molecule has 0 aliphatic heterocycles. The van der Waals surface area contributed by atoms with E-state index in [1.54, 1.807) is 14.2 Å². The van der Waals surface area contributed by atoms with E-state index in [-0.39, 0.29) is 0 Å². The van der Waals surface area contributed by atoms with Crippen LogP contribution in [0.4, 0.5) is 0 Å². The highest BCUT2D eigenvalue weighted by Crippen LogP contribution is 2.36. The molecule has 2 rings (SSSR count). The number of aryl methyl sites for hydroxylation is 1. The lowest BCUT2D eigenvalue weighted by Crippen LogP contribution is -1.99. The molecule has 2 nitrogen and oxygen atoms in total. The quantitative estimate of drug-likeness (QED) is 0.789. The third kappa shape index (κ3) is 2.83. The van der Waals surface area contributed by atoms with Crippen LogP contribution in [0.3, 0.4) is 0 Å². The van der Waals surface area contributed by atoms with E-state index in [0.717, 1.165) is 29.7 Å². The Morgan fingerprint density at radius 3 is 2.16 bits per heavy atom. The van der Waals surface area contributed by atoms with Crippen LogP contribution in [0.5, 0.6) is 11.5 Å². The van der Waals surface area contributed by atoms with Crippen molar-refractivity contribution < 1.29 is 9.47 Å². The fourth-order valence-corrected chi connectivity index (χ4v) is 2.42. The molecule has 0 spiro atoms. The largest absolute Gasteiger partial charge is 0.496 e. The zero-order chi connectivity index (χ0) is 13.8. The van der Waals surface area contributed by atoms with Crippen LogP contribution in [0.2, 0.25) is 0 Å². The first-order valence-corrected chi connectivity index (χ1v) is 6.80. The molecular weight excluding hydrogens is 236 g/mol. The van der Waals surface area contributed by atoms with Crippen molar-refractivity contribution in [2.75, 3.05) is 14.2 Å². The molecule has 0 saturated heterocycles. The van der Waals surface area contributed by atoms with Crippen molar-refractivity contribution >= 4 is 10.8 Å². The van der Waals surface area contributed by atoms with Crippen molar-refractivity contribution in [3.8, 4) is 11.5 Å². The molecule has 2 aromatic carbocycles. The number of rotatable bonds is 5. The summed E-state index contributed by atoms with van der Waals surface area (Å²) in [6.45, 7) is 4.50. The monoisotopic (exact) mass is 258 g/mol. The van der Waals surface area contributed by atoms with Gasteiger partial charge in [0.2, 0.25) is 0 Å². The maximum atomic E-state index is 5.55. The van der Waals surface area contributed by atoms with Gasteiger partial charge in [0.15, 0.2) is 0 Å². The molecular formula is C17H22O2. The SMILES string of the molecule is COc1cc(OC)c2ccccc2c1CCC(C)C. The molecule has 0 amide bonds. The van der Waals surface area contributed by atoms with Gasteiger partial charge in [-0.15, -0.1) is 0 Å². The molecule has 102 valence electrons. The van der Waals surface area contributed by atoms with E-state index < -0.39 is 0 Å². The summed E-state index contributed by atoms with van der Waals surface area (Å²) in [5.74, 6) is 2.49. The Morgan fingerprint density at radius 2 is 1.58 bits per heavy atom. The first-order valence-electron chi connectivity index (χ1n) is 6.80. The lowest BCUT2D eigenvalue weighted by atomic mass is 9.96. The average Bonchev–Trinajstić information content (AvgIpc) is 2.43. The second-order valence-corrected chi connectivity index (χ2v) is 5.24. The second kappa shape index (κ2) is 5.96. The molecule has 0 radical (unpaired) electrons. The van der Waals surface area contributed by atoms with E-state index in [9.17, 15) is 0 Å². The van der Waals surface area contributed by atoms with Crippen LogP contribution in [0.1, 0.15) is 25.8 Å². The second-order valence-electron chi connectivity index (χ2n) is 5.24. The zero-order valence-corrected chi connectivity index (χ0v) is 12.2. The Bertz CT molecular complexity index is 558. The Hall–Kier alpha value is -1.70. The molecule has 2 heteroatoms. The van der Waals surface area contributed by atoms with E-state index in [2.05, 4.69) is 32.0 Å². The van der Waals surface area contributed by atoms with Crippen molar-refractivity contribution in [1.29, 1.82) is 0 Å². The van der Waals surface area contributed by atoms with E-state index in [4.69, 9.17) is 9.47 Å². The molecule has 0 aliphatic rings. The van der Waals surface area contributed by atoms with Crippen molar-refractivity contribution in [2.24, 2.45) is 5.92 Å². The van der Waals surface area contributed by atoms with Gasteiger partial charge in [0.25, 0.3) is 0 Å². The van der Waals surface area contributed by atoms with Crippen LogP contribution < -0.4 is 9.47 Å². The Morgan fingerprint density at radius 1 is 0.947 bits per heavy atom. The topological polar surface area (TPSA) is 18.5 Å². The van der Waals surface area contributed by atoms with Gasteiger partial charge in [-0.05, 0) is 24.1 Å². The van der Waals surface area contributed by atoms with E-state index in [0.29, 0.717) is 5.92 Å². The fourth-order valence-electron chi connectivity index (χ4n) is 2.42. The Labute approximate surface area is 115 Å². The number of ether oxygens (including phenoxy) is 2. The first kappa shape index (κ1) is 13.7. The fraction of sp³-hybridized carbons (Fsp3) is 0.412. The van der Waals surface area contributed by atoms with Gasteiger partial charge in [-0.25, -0.2) is 0 Å². The Kier molecular flexibility index (Phi) is 4.31. The minimum atomic E-state index is 0.686. The van der Waals surface area contributed by atoms with Gasteiger partial charge in [-0.3, -0.25) is 0 Å². The molecule has 0 unspecified atom stereocenters. The predicted molar refractivity (Wildman–Crippen MR) is 80.2 cm³/mol. The lowest BCUT2D eigenvalue weighted by Gasteiger charge is -2.16. The highest BCUT2D eigenvalue weighted by atomic mass is 16.5. The van der Waals surface area contributed by atoms with Crippen LogP contribution in [0.25, 0.3) is 10.8 Å². The normalized spacial score (nSPS) is 11.0. The average molecular weight is 258 g/mol. The van der Waals surface area contributed by atoms with Crippen LogP contribution in [-0.4, -0.2) is 14.2 Å². The molecule has 0 fully saturated rings. The van der Waals surface area contributed by atoms with Crippen LogP contribution in [0, 0.1) is 5.92 Å². The maximum Gasteiger partial charge on any atom is 0.130 e. The highest BCUT2D eigenvalue weighted by molar-refractivity contribution is 5.93. The number of hydrogen-bond acceptors (Lipinski definition) is 2.